The zero-order chi connectivity index (χ0) is 24.0. The molecule has 0 bridgehead atoms. The molecule has 0 aliphatic heterocycles. The first-order valence-corrected chi connectivity index (χ1v) is 11.3. The van der Waals surface area contributed by atoms with Crippen molar-refractivity contribution in [2.45, 2.75) is 13.5 Å². The molecule has 0 aromatic heterocycles. The smallest absolute Gasteiger partial charge is 0.266 e. The number of hydrogen-bond donors (Lipinski definition) is 1. The van der Waals surface area contributed by atoms with Gasteiger partial charge in [0.2, 0.25) is 0 Å². The molecule has 0 radical (unpaired) electrons. The van der Waals surface area contributed by atoms with Crippen LogP contribution in [0.15, 0.2) is 64.6 Å². The molecular formula is C25H19BrCl2N2O3. The first-order valence-electron chi connectivity index (χ1n) is 9.74. The van der Waals surface area contributed by atoms with Gasteiger partial charge in [-0.25, -0.2) is 0 Å². The minimum absolute atomic E-state index is 0.0556. The van der Waals surface area contributed by atoms with Crippen molar-refractivity contribution in [3.63, 3.8) is 0 Å². The summed E-state index contributed by atoms with van der Waals surface area (Å²) in [6, 6.07) is 17.8. The maximum Gasteiger partial charge on any atom is 0.266 e. The van der Waals surface area contributed by atoms with Crippen LogP contribution in [-0.2, 0) is 11.4 Å². The van der Waals surface area contributed by atoms with Crippen LogP contribution in [0.5, 0.6) is 11.5 Å². The number of halogens is 3. The quantitative estimate of drug-likeness (QED) is 0.252. The van der Waals surface area contributed by atoms with E-state index in [0.29, 0.717) is 37.3 Å². The molecule has 1 amide bonds. The standard InChI is InChI=1S/C25H19BrCl2N2O3/c1-15-3-7-20(8-4-15)30-25(31)18(13-29)9-17-10-23(32-2)24(12-21(17)26)33-14-16-5-6-19(27)11-22(16)28/h3-12H,14H2,1-2H3,(H,30,31)/b18-9+. The van der Waals surface area contributed by atoms with Gasteiger partial charge in [-0.2, -0.15) is 5.26 Å². The number of benzene rings is 3. The number of methoxy groups -OCH3 is 1. The summed E-state index contributed by atoms with van der Waals surface area (Å²) in [4.78, 5) is 12.6. The Morgan fingerprint density at radius 2 is 1.85 bits per heavy atom. The van der Waals surface area contributed by atoms with E-state index in [9.17, 15) is 10.1 Å². The summed E-state index contributed by atoms with van der Waals surface area (Å²) in [7, 11) is 1.51. The van der Waals surface area contributed by atoms with Crippen LogP contribution in [0.4, 0.5) is 5.69 Å². The van der Waals surface area contributed by atoms with Crippen molar-refractivity contribution in [3.8, 4) is 17.6 Å². The number of nitrogens with one attached hydrogen (secondary N) is 1. The topological polar surface area (TPSA) is 71.3 Å². The molecule has 168 valence electrons. The lowest BCUT2D eigenvalue weighted by Crippen LogP contribution is -2.13. The van der Waals surface area contributed by atoms with E-state index in [1.807, 2.05) is 25.1 Å². The van der Waals surface area contributed by atoms with E-state index in [2.05, 4.69) is 21.2 Å². The van der Waals surface area contributed by atoms with Gasteiger partial charge in [-0.05, 0) is 55.0 Å². The summed E-state index contributed by atoms with van der Waals surface area (Å²) >= 11 is 15.6. The number of aryl methyl sites for hydroxylation is 1. The van der Waals surface area contributed by atoms with E-state index in [4.69, 9.17) is 32.7 Å². The van der Waals surface area contributed by atoms with Crippen molar-refractivity contribution in [3.05, 3.63) is 91.4 Å². The normalized spacial score (nSPS) is 11.0. The number of hydrogen-bond acceptors (Lipinski definition) is 4. The van der Waals surface area contributed by atoms with Gasteiger partial charge in [0.15, 0.2) is 11.5 Å². The Hall–Kier alpha value is -2.98. The molecule has 3 aromatic rings. The zero-order valence-electron chi connectivity index (χ0n) is 17.8. The molecule has 3 rings (SSSR count). The van der Waals surface area contributed by atoms with Gasteiger partial charge in [0.1, 0.15) is 18.2 Å². The van der Waals surface area contributed by atoms with Crippen LogP contribution in [0.1, 0.15) is 16.7 Å². The summed E-state index contributed by atoms with van der Waals surface area (Å²) in [5, 5.41) is 13.3. The highest BCUT2D eigenvalue weighted by molar-refractivity contribution is 9.10. The van der Waals surface area contributed by atoms with Gasteiger partial charge in [-0.1, -0.05) is 62.9 Å². The lowest BCUT2D eigenvalue weighted by Gasteiger charge is -2.14. The molecule has 0 unspecified atom stereocenters. The van der Waals surface area contributed by atoms with E-state index in [0.717, 1.165) is 11.1 Å². The molecule has 0 atom stereocenters. The highest BCUT2D eigenvalue weighted by Gasteiger charge is 2.14. The molecule has 8 heteroatoms. The Morgan fingerprint density at radius 1 is 1.12 bits per heavy atom. The molecule has 0 saturated heterocycles. The Bertz CT molecular complexity index is 1250. The van der Waals surface area contributed by atoms with Gasteiger partial charge in [-0.15, -0.1) is 0 Å². The molecule has 1 N–H and O–H groups in total. The molecule has 0 aliphatic rings. The first-order chi connectivity index (χ1) is 15.8. The molecule has 0 aliphatic carbocycles. The van der Waals surface area contributed by atoms with Crippen LogP contribution in [0.3, 0.4) is 0 Å². The number of rotatable bonds is 7. The van der Waals surface area contributed by atoms with E-state index >= 15 is 0 Å². The van der Waals surface area contributed by atoms with Crippen molar-refractivity contribution in [2.24, 2.45) is 0 Å². The van der Waals surface area contributed by atoms with E-state index in [1.165, 1.54) is 13.2 Å². The Kier molecular flexibility index (Phi) is 8.40. The fourth-order valence-electron chi connectivity index (χ4n) is 2.87. The Labute approximate surface area is 210 Å². The highest BCUT2D eigenvalue weighted by Crippen LogP contribution is 2.35. The largest absolute Gasteiger partial charge is 0.493 e. The van der Waals surface area contributed by atoms with Crippen molar-refractivity contribution < 1.29 is 14.3 Å². The van der Waals surface area contributed by atoms with Crippen LogP contribution in [0.2, 0.25) is 10.0 Å². The number of ether oxygens (including phenoxy) is 2. The molecule has 0 saturated carbocycles. The van der Waals surface area contributed by atoms with Gasteiger partial charge in [0, 0.05) is 25.8 Å². The maximum absolute atomic E-state index is 12.6. The van der Waals surface area contributed by atoms with Crippen LogP contribution >= 0.6 is 39.1 Å². The summed E-state index contributed by atoms with van der Waals surface area (Å²) < 4.78 is 12.0. The number of amides is 1. The predicted octanol–water partition coefficient (Wildman–Crippen LogP) is 7.20. The number of nitriles is 1. The molecule has 0 spiro atoms. The fraction of sp³-hybridized carbons (Fsp3) is 0.120. The fourth-order valence-corrected chi connectivity index (χ4v) is 3.77. The molecule has 5 nitrogen and oxygen atoms in total. The molecule has 0 fully saturated rings. The molecule has 0 heterocycles. The third kappa shape index (κ3) is 6.52. The van der Waals surface area contributed by atoms with Gasteiger partial charge >= 0.3 is 0 Å². The van der Waals surface area contributed by atoms with E-state index in [-0.39, 0.29) is 12.2 Å². The Morgan fingerprint density at radius 3 is 2.48 bits per heavy atom. The summed E-state index contributed by atoms with van der Waals surface area (Å²) in [5.41, 5.74) is 2.97. The minimum Gasteiger partial charge on any atom is -0.493 e. The lowest BCUT2D eigenvalue weighted by molar-refractivity contribution is -0.112. The first kappa shape index (κ1) is 24.7. The Balaban J connectivity index is 1.82. The SMILES string of the molecule is COc1cc(/C=C(\C#N)C(=O)Nc2ccc(C)cc2)c(Br)cc1OCc1ccc(Cl)cc1Cl. The second-order valence-electron chi connectivity index (χ2n) is 7.04. The number of nitrogens with zero attached hydrogens (tertiary/aromatic N) is 1. The number of carbonyl (C=O) groups excluding carboxylic acids is 1. The monoisotopic (exact) mass is 544 g/mol. The second kappa shape index (κ2) is 11.2. The van der Waals surface area contributed by atoms with Gasteiger partial charge in [0.25, 0.3) is 5.91 Å². The summed E-state index contributed by atoms with van der Waals surface area (Å²) in [6.45, 7) is 2.16. The lowest BCUT2D eigenvalue weighted by atomic mass is 10.1. The van der Waals surface area contributed by atoms with Crippen LogP contribution < -0.4 is 14.8 Å². The van der Waals surface area contributed by atoms with E-state index < -0.39 is 5.91 Å². The maximum atomic E-state index is 12.6. The van der Waals surface area contributed by atoms with Crippen molar-refractivity contribution >= 4 is 56.8 Å². The van der Waals surface area contributed by atoms with E-state index in [1.54, 1.807) is 42.5 Å². The summed E-state index contributed by atoms with van der Waals surface area (Å²) in [5.74, 6) is 0.394. The second-order valence-corrected chi connectivity index (χ2v) is 8.74. The molecule has 33 heavy (non-hydrogen) atoms. The average Bonchev–Trinajstić information content (AvgIpc) is 2.79. The third-order valence-corrected chi connectivity index (χ3v) is 5.93. The third-order valence-electron chi connectivity index (χ3n) is 4.66. The van der Waals surface area contributed by atoms with Crippen LogP contribution in [-0.4, -0.2) is 13.0 Å². The molecular weight excluding hydrogens is 527 g/mol. The van der Waals surface area contributed by atoms with Crippen molar-refractivity contribution in [1.82, 2.24) is 0 Å². The highest BCUT2D eigenvalue weighted by atomic mass is 79.9. The predicted molar refractivity (Wildman–Crippen MR) is 135 cm³/mol. The average molecular weight is 546 g/mol. The zero-order valence-corrected chi connectivity index (χ0v) is 20.9. The number of carbonyl (C=O) groups is 1. The number of anilines is 1. The van der Waals surface area contributed by atoms with Crippen LogP contribution in [0.25, 0.3) is 6.08 Å². The van der Waals surface area contributed by atoms with Gasteiger partial charge < -0.3 is 14.8 Å². The van der Waals surface area contributed by atoms with Crippen molar-refractivity contribution in [1.29, 1.82) is 5.26 Å². The van der Waals surface area contributed by atoms with Gasteiger partial charge in [-0.3, -0.25) is 4.79 Å². The molecule has 3 aromatic carbocycles. The summed E-state index contributed by atoms with van der Waals surface area (Å²) in [6.07, 6.45) is 1.48. The van der Waals surface area contributed by atoms with Gasteiger partial charge in [0.05, 0.1) is 7.11 Å². The van der Waals surface area contributed by atoms with Crippen LogP contribution in [0, 0.1) is 18.3 Å². The minimum atomic E-state index is -0.509. The van der Waals surface area contributed by atoms with Crippen molar-refractivity contribution in [2.75, 3.05) is 12.4 Å².